The number of halogens is 2. The van der Waals surface area contributed by atoms with Crippen molar-refractivity contribution in [1.82, 2.24) is 5.32 Å². The van der Waals surface area contributed by atoms with Crippen molar-refractivity contribution in [2.45, 2.75) is 27.2 Å². The number of allylic oxidation sites excluding steroid dienone is 7. The minimum Gasteiger partial charge on any atom is -0.383 e. The van der Waals surface area contributed by atoms with Crippen molar-refractivity contribution in [3.05, 3.63) is 59.9 Å². The fraction of sp³-hybridized carbons (Fsp3) is 0.375. The molecule has 0 atom stereocenters. The molecular weight excluding hydrogens is 244 g/mol. The maximum Gasteiger partial charge on any atom is 0.154 e. The zero-order chi connectivity index (χ0) is 14.5. The molecule has 19 heavy (non-hydrogen) atoms. The Kier molecular flexibility index (Phi) is 5.28. The molecule has 0 radical (unpaired) electrons. The lowest BCUT2D eigenvalue weighted by Crippen LogP contribution is -2.38. The molecule has 0 aromatic rings. The van der Waals surface area contributed by atoms with Gasteiger partial charge in [0.05, 0.1) is 0 Å². The second-order valence-electron chi connectivity index (χ2n) is 5.21. The topological polar surface area (TPSA) is 12.0 Å². The molecule has 0 spiro atoms. The van der Waals surface area contributed by atoms with E-state index in [4.69, 9.17) is 0 Å². The predicted octanol–water partition coefficient (Wildman–Crippen LogP) is 4.73. The first-order chi connectivity index (χ1) is 8.88. The molecule has 1 aliphatic heterocycles. The van der Waals surface area contributed by atoms with Crippen LogP contribution >= 0.6 is 0 Å². The molecule has 0 aromatic carbocycles. The lowest BCUT2D eigenvalue weighted by molar-refractivity contribution is 0.396. The van der Waals surface area contributed by atoms with Crippen molar-refractivity contribution in [3.8, 4) is 0 Å². The molecule has 3 heteroatoms. The largest absolute Gasteiger partial charge is 0.383 e. The molecule has 1 rings (SSSR count). The van der Waals surface area contributed by atoms with Crippen LogP contribution in [0, 0.1) is 5.41 Å². The first-order valence-electron chi connectivity index (χ1n) is 6.33. The minimum atomic E-state index is -0.832. The molecule has 1 heterocycles. The second kappa shape index (κ2) is 6.50. The van der Waals surface area contributed by atoms with E-state index in [2.05, 4.69) is 25.7 Å². The summed E-state index contributed by atoms with van der Waals surface area (Å²) in [7, 11) is 0. The van der Waals surface area contributed by atoms with Gasteiger partial charge in [0.2, 0.25) is 0 Å². The first kappa shape index (κ1) is 15.4. The quantitative estimate of drug-likeness (QED) is 0.685. The van der Waals surface area contributed by atoms with Crippen LogP contribution in [0.4, 0.5) is 8.78 Å². The molecule has 0 saturated heterocycles. The van der Waals surface area contributed by atoms with E-state index in [0.29, 0.717) is 0 Å². The minimum absolute atomic E-state index is 0.00347. The maximum absolute atomic E-state index is 12.8. The fourth-order valence-electron chi connectivity index (χ4n) is 1.93. The molecule has 0 bridgehead atoms. The van der Waals surface area contributed by atoms with E-state index in [1.54, 1.807) is 6.08 Å². The molecule has 0 fully saturated rings. The van der Waals surface area contributed by atoms with Gasteiger partial charge in [-0.2, -0.15) is 0 Å². The Morgan fingerprint density at radius 2 is 2.05 bits per heavy atom. The summed E-state index contributed by atoms with van der Waals surface area (Å²) in [6.45, 7) is 10.0. The molecule has 0 aromatic heterocycles. The highest BCUT2D eigenvalue weighted by Gasteiger charge is 2.28. The average Bonchev–Trinajstić information content (AvgIpc) is 2.26. The van der Waals surface area contributed by atoms with Gasteiger partial charge in [0.1, 0.15) is 5.83 Å². The van der Waals surface area contributed by atoms with E-state index < -0.39 is 11.7 Å². The lowest BCUT2D eigenvalue weighted by atomic mass is 9.80. The number of nitrogens with one attached hydrogen (secondary N) is 1. The van der Waals surface area contributed by atoms with E-state index >= 15 is 0 Å². The molecule has 1 nitrogen and oxygen atoms in total. The van der Waals surface area contributed by atoms with Crippen molar-refractivity contribution >= 4 is 0 Å². The van der Waals surface area contributed by atoms with Gasteiger partial charge >= 0.3 is 0 Å². The fourth-order valence-corrected chi connectivity index (χ4v) is 1.93. The molecular formula is C16H21F2N. The second-order valence-corrected chi connectivity index (χ2v) is 5.21. The van der Waals surface area contributed by atoms with Crippen LogP contribution in [0.1, 0.15) is 27.2 Å². The summed E-state index contributed by atoms with van der Waals surface area (Å²) in [6, 6.07) is 0. The number of hydrogen-bond acceptors (Lipinski definition) is 1. The molecule has 1 aliphatic rings. The molecule has 0 saturated carbocycles. The third-order valence-electron chi connectivity index (χ3n) is 3.15. The summed E-state index contributed by atoms with van der Waals surface area (Å²) in [5.41, 5.74) is 2.45. The van der Waals surface area contributed by atoms with Crippen LogP contribution < -0.4 is 5.32 Å². The smallest absolute Gasteiger partial charge is 0.154 e. The van der Waals surface area contributed by atoms with Gasteiger partial charge in [0, 0.05) is 17.7 Å². The molecule has 104 valence electrons. The summed E-state index contributed by atoms with van der Waals surface area (Å²) in [6.07, 6.45) is 9.00. The Labute approximate surface area is 114 Å². The highest BCUT2D eigenvalue weighted by molar-refractivity contribution is 5.36. The van der Waals surface area contributed by atoms with Crippen LogP contribution in [0.15, 0.2) is 59.9 Å². The van der Waals surface area contributed by atoms with Crippen molar-refractivity contribution in [2.24, 2.45) is 5.41 Å². The molecule has 0 unspecified atom stereocenters. The van der Waals surface area contributed by atoms with Gasteiger partial charge in [-0.1, -0.05) is 44.7 Å². The zero-order valence-electron chi connectivity index (χ0n) is 11.8. The molecule has 0 aliphatic carbocycles. The van der Waals surface area contributed by atoms with Crippen LogP contribution in [0.25, 0.3) is 0 Å². The van der Waals surface area contributed by atoms with Crippen LogP contribution in [-0.4, -0.2) is 6.54 Å². The van der Waals surface area contributed by atoms with Gasteiger partial charge in [-0.05, 0) is 25.0 Å². The SMILES string of the molecule is C=CC1=C(C(C)(C)C/C=C/C=C\C(F)=C(/C)F)NC1. The number of rotatable bonds is 6. The highest BCUT2D eigenvalue weighted by Crippen LogP contribution is 2.35. The summed E-state index contributed by atoms with van der Waals surface area (Å²) in [5, 5.41) is 3.30. The van der Waals surface area contributed by atoms with Crippen molar-refractivity contribution in [3.63, 3.8) is 0 Å². The van der Waals surface area contributed by atoms with Crippen LogP contribution in [0.5, 0.6) is 0 Å². The Morgan fingerprint density at radius 1 is 1.37 bits per heavy atom. The van der Waals surface area contributed by atoms with Gasteiger partial charge in [-0.15, -0.1) is 0 Å². The van der Waals surface area contributed by atoms with E-state index in [1.165, 1.54) is 17.3 Å². The third-order valence-corrected chi connectivity index (χ3v) is 3.15. The number of hydrogen-bond donors (Lipinski definition) is 1. The predicted molar refractivity (Wildman–Crippen MR) is 76.8 cm³/mol. The van der Waals surface area contributed by atoms with Crippen molar-refractivity contribution < 1.29 is 8.78 Å². The standard InChI is InChI=1S/C16H21F2N/c1-5-13-11-19-15(13)16(3,4)10-8-6-7-9-14(18)12(2)17/h5-9,19H,1,10-11H2,2-4H3/b8-6+,9-7-,14-12-. The average molecular weight is 265 g/mol. The molecule has 1 N–H and O–H groups in total. The van der Waals surface area contributed by atoms with Gasteiger partial charge < -0.3 is 5.32 Å². The summed E-state index contributed by atoms with van der Waals surface area (Å²) >= 11 is 0. The highest BCUT2D eigenvalue weighted by atomic mass is 19.2. The van der Waals surface area contributed by atoms with E-state index in [9.17, 15) is 8.78 Å². The third kappa shape index (κ3) is 4.19. The Bertz CT molecular complexity index is 461. The van der Waals surface area contributed by atoms with Gasteiger partial charge in [-0.3, -0.25) is 0 Å². The van der Waals surface area contributed by atoms with Gasteiger partial charge in [-0.25, -0.2) is 8.78 Å². The monoisotopic (exact) mass is 265 g/mol. The van der Waals surface area contributed by atoms with Gasteiger partial charge in [0.15, 0.2) is 5.83 Å². The van der Waals surface area contributed by atoms with Crippen molar-refractivity contribution in [1.29, 1.82) is 0 Å². The Balaban J connectivity index is 2.57. The normalized spacial score (nSPS) is 17.5. The summed E-state index contributed by atoms with van der Waals surface area (Å²) < 4.78 is 25.3. The van der Waals surface area contributed by atoms with Gasteiger partial charge in [0.25, 0.3) is 0 Å². The summed E-state index contributed by atoms with van der Waals surface area (Å²) in [4.78, 5) is 0. The van der Waals surface area contributed by atoms with Crippen molar-refractivity contribution in [2.75, 3.05) is 6.54 Å². The van der Waals surface area contributed by atoms with Crippen LogP contribution in [0.3, 0.4) is 0 Å². The lowest BCUT2D eigenvalue weighted by Gasteiger charge is -2.36. The zero-order valence-corrected chi connectivity index (χ0v) is 11.8. The molecule has 0 amide bonds. The van der Waals surface area contributed by atoms with Crippen LogP contribution in [0.2, 0.25) is 0 Å². The Morgan fingerprint density at radius 3 is 2.53 bits per heavy atom. The van der Waals surface area contributed by atoms with E-state index in [0.717, 1.165) is 26.0 Å². The summed E-state index contributed by atoms with van der Waals surface area (Å²) in [5.74, 6) is -1.63. The van der Waals surface area contributed by atoms with E-state index in [-0.39, 0.29) is 5.41 Å². The Hall–Kier alpha value is -1.64. The maximum atomic E-state index is 12.8. The van der Waals surface area contributed by atoms with Crippen LogP contribution in [-0.2, 0) is 0 Å². The first-order valence-corrected chi connectivity index (χ1v) is 6.33. The van der Waals surface area contributed by atoms with E-state index in [1.807, 2.05) is 12.2 Å².